The zero-order valence-electron chi connectivity index (χ0n) is 17.7. The van der Waals surface area contributed by atoms with Gasteiger partial charge in [0, 0.05) is 19.6 Å². The normalized spacial score (nSPS) is 12.8. The number of rotatable bonds is 10. The predicted octanol–water partition coefficient (Wildman–Crippen LogP) is 5.16. The molecule has 0 aromatic heterocycles. The largest absolute Gasteiger partial charge is 0.353 e. The van der Waals surface area contributed by atoms with Crippen molar-refractivity contribution in [2.45, 2.75) is 39.1 Å². The van der Waals surface area contributed by atoms with Gasteiger partial charge < -0.3 is 9.47 Å². The van der Waals surface area contributed by atoms with Gasteiger partial charge in [-0.1, -0.05) is 54.6 Å². The van der Waals surface area contributed by atoms with E-state index in [0.717, 1.165) is 6.42 Å². The van der Waals surface area contributed by atoms with Crippen molar-refractivity contribution in [1.29, 1.82) is 0 Å². The van der Waals surface area contributed by atoms with E-state index in [1.54, 1.807) is 0 Å². The highest BCUT2D eigenvalue weighted by Crippen LogP contribution is 2.60. The van der Waals surface area contributed by atoms with E-state index in [2.05, 4.69) is 97.9 Å². The summed E-state index contributed by atoms with van der Waals surface area (Å²) in [6.07, 6.45) is 0.671. The Labute approximate surface area is 176 Å². The minimum Gasteiger partial charge on any atom is -0.353 e. The van der Waals surface area contributed by atoms with Crippen molar-refractivity contribution >= 4 is 23.2 Å². The summed E-state index contributed by atoms with van der Waals surface area (Å²) in [7, 11) is -1.91. The van der Waals surface area contributed by atoms with Gasteiger partial charge in [-0.05, 0) is 57.2 Å². The van der Waals surface area contributed by atoms with Gasteiger partial charge in [0.1, 0.15) is 23.2 Å². The van der Waals surface area contributed by atoms with E-state index in [9.17, 15) is 0 Å². The summed E-state index contributed by atoms with van der Waals surface area (Å²) in [6, 6.07) is 33.0. The molecule has 0 aliphatic carbocycles. The molecule has 3 aromatic carbocycles. The van der Waals surface area contributed by atoms with E-state index in [4.69, 9.17) is 9.47 Å². The molecule has 0 N–H and O–H groups in total. The third kappa shape index (κ3) is 4.78. The van der Waals surface area contributed by atoms with Gasteiger partial charge in [-0.3, -0.25) is 0 Å². The van der Waals surface area contributed by atoms with E-state index in [-0.39, 0.29) is 6.29 Å². The molecule has 1 unspecified atom stereocenters. The molecule has 3 heteroatoms. The number of hydrogen-bond donors (Lipinski definition) is 0. The van der Waals surface area contributed by atoms with Crippen LogP contribution in [-0.2, 0) is 9.47 Å². The zero-order chi connectivity index (χ0) is 20.5. The topological polar surface area (TPSA) is 18.5 Å². The molecule has 0 spiro atoms. The van der Waals surface area contributed by atoms with Crippen LogP contribution in [0.4, 0.5) is 0 Å². The second-order valence-corrected chi connectivity index (χ2v) is 11.0. The second-order valence-electron chi connectivity index (χ2n) is 7.15. The quantitative estimate of drug-likeness (QED) is 0.341. The number of hydrogen-bond acceptors (Lipinski definition) is 2. The molecule has 0 bridgehead atoms. The molecule has 29 heavy (non-hydrogen) atoms. The zero-order valence-corrected chi connectivity index (χ0v) is 18.6. The molecule has 0 aliphatic heterocycles. The van der Waals surface area contributed by atoms with Gasteiger partial charge in [0.15, 0.2) is 6.29 Å². The number of ether oxygens (including phenoxy) is 2. The summed E-state index contributed by atoms with van der Waals surface area (Å²) in [5.41, 5.74) is 0.359. The van der Waals surface area contributed by atoms with Crippen LogP contribution in [0.15, 0.2) is 91.0 Å². The summed E-state index contributed by atoms with van der Waals surface area (Å²) < 4.78 is 11.9. The molecule has 0 fully saturated rings. The Morgan fingerprint density at radius 2 is 0.966 bits per heavy atom. The molecule has 152 valence electrons. The summed E-state index contributed by atoms with van der Waals surface area (Å²) >= 11 is 0. The first-order valence-electron chi connectivity index (χ1n) is 10.5. The van der Waals surface area contributed by atoms with E-state index in [1.165, 1.54) is 15.9 Å². The standard InChI is InChI=1S/C26H32O2P/c1-4-27-26(28-5-2)21-22(3)29(23-15-9-6-10-16-23,24-17-11-7-12-18-24)25-19-13-8-14-20-25/h6-20,22,26H,4-5,21H2,1-3H3/q+1. The van der Waals surface area contributed by atoms with Crippen molar-refractivity contribution in [2.24, 2.45) is 0 Å². The van der Waals surface area contributed by atoms with Crippen LogP contribution >= 0.6 is 7.26 Å². The van der Waals surface area contributed by atoms with Crippen LogP contribution in [0.1, 0.15) is 27.2 Å². The minimum absolute atomic E-state index is 0.185. The second kappa shape index (κ2) is 10.7. The predicted molar refractivity (Wildman–Crippen MR) is 126 cm³/mol. The van der Waals surface area contributed by atoms with Crippen LogP contribution < -0.4 is 15.9 Å². The van der Waals surface area contributed by atoms with Crippen LogP contribution in [0.25, 0.3) is 0 Å². The van der Waals surface area contributed by atoms with Crippen molar-refractivity contribution in [1.82, 2.24) is 0 Å². The summed E-state index contributed by atoms with van der Waals surface area (Å²) in [4.78, 5) is 0. The molecule has 0 aliphatic rings. The van der Waals surface area contributed by atoms with Crippen molar-refractivity contribution < 1.29 is 9.47 Å². The van der Waals surface area contributed by atoms with Crippen molar-refractivity contribution in [3.05, 3.63) is 91.0 Å². The molecule has 2 nitrogen and oxygen atoms in total. The first kappa shape index (κ1) is 21.7. The molecule has 0 heterocycles. The first-order valence-corrected chi connectivity index (χ1v) is 12.4. The van der Waals surface area contributed by atoms with Gasteiger partial charge in [-0.25, -0.2) is 0 Å². The van der Waals surface area contributed by atoms with Gasteiger partial charge in [0.2, 0.25) is 0 Å². The van der Waals surface area contributed by atoms with Crippen LogP contribution in [0, 0.1) is 0 Å². The summed E-state index contributed by atoms with van der Waals surface area (Å²) in [5, 5.41) is 4.20. The highest BCUT2D eigenvalue weighted by Gasteiger charge is 2.50. The third-order valence-corrected chi connectivity index (χ3v) is 10.3. The lowest BCUT2D eigenvalue weighted by Gasteiger charge is -2.34. The van der Waals surface area contributed by atoms with Crippen LogP contribution in [0.3, 0.4) is 0 Å². The highest BCUT2D eigenvalue weighted by atomic mass is 31.2. The Kier molecular flexibility index (Phi) is 8.00. The maximum absolute atomic E-state index is 5.95. The van der Waals surface area contributed by atoms with Crippen molar-refractivity contribution in [2.75, 3.05) is 13.2 Å². The van der Waals surface area contributed by atoms with Crippen LogP contribution in [0.2, 0.25) is 0 Å². The summed E-state index contributed by atoms with van der Waals surface area (Å²) in [6.45, 7) is 7.75. The first-order chi connectivity index (χ1) is 14.2. The van der Waals surface area contributed by atoms with E-state index >= 15 is 0 Å². The Hall–Kier alpha value is -1.99. The van der Waals surface area contributed by atoms with Gasteiger partial charge >= 0.3 is 0 Å². The lowest BCUT2D eigenvalue weighted by molar-refractivity contribution is -0.138. The van der Waals surface area contributed by atoms with E-state index < -0.39 is 7.26 Å². The third-order valence-electron chi connectivity index (χ3n) is 5.39. The van der Waals surface area contributed by atoms with E-state index in [1.807, 2.05) is 13.8 Å². The molecule has 0 radical (unpaired) electrons. The maximum atomic E-state index is 5.95. The van der Waals surface area contributed by atoms with Crippen molar-refractivity contribution in [3.63, 3.8) is 0 Å². The Morgan fingerprint density at radius 3 is 1.28 bits per heavy atom. The number of benzene rings is 3. The molecule has 3 aromatic rings. The molecule has 0 saturated heterocycles. The monoisotopic (exact) mass is 407 g/mol. The molecule has 0 saturated carbocycles. The van der Waals surface area contributed by atoms with Gasteiger partial charge in [-0.15, -0.1) is 0 Å². The molecular weight excluding hydrogens is 375 g/mol. The van der Waals surface area contributed by atoms with Gasteiger partial charge in [0.05, 0.1) is 5.66 Å². The SMILES string of the molecule is CCOC(CC(C)[P+](c1ccccc1)(c1ccccc1)c1ccccc1)OCC. The lowest BCUT2D eigenvalue weighted by Crippen LogP contribution is -2.39. The maximum Gasteiger partial charge on any atom is 0.161 e. The molecular formula is C26H32O2P+. The fourth-order valence-corrected chi connectivity index (χ4v) is 9.03. The molecule has 3 rings (SSSR count). The van der Waals surface area contributed by atoms with Crippen LogP contribution in [0.5, 0.6) is 0 Å². The van der Waals surface area contributed by atoms with Gasteiger partial charge in [-0.2, -0.15) is 0 Å². The minimum atomic E-state index is -1.91. The smallest absolute Gasteiger partial charge is 0.161 e. The molecule has 1 atom stereocenters. The molecule has 0 amide bonds. The van der Waals surface area contributed by atoms with Crippen molar-refractivity contribution in [3.8, 4) is 0 Å². The highest BCUT2D eigenvalue weighted by molar-refractivity contribution is 7.96. The Morgan fingerprint density at radius 1 is 0.621 bits per heavy atom. The lowest BCUT2D eigenvalue weighted by atomic mass is 10.3. The fourth-order valence-electron chi connectivity index (χ4n) is 4.19. The average molecular weight is 408 g/mol. The Balaban J connectivity index is 2.19. The van der Waals surface area contributed by atoms with E-state index in [0.29, 0.717) is 18.9 Å². The average Bonchev–Trinajstić information content (AvgIpc) is 2.77. The van der Waals surface area contributed by atoms with Crippen LogP contribution in [-0.4, -0.2) is 25.2 Å². The summed E-state index contributed by atoms with van der Waals surface area (Å²) in [5.74, 6) is 0. The Bertz CT molecular complexity index is 734. The van der Waals surface area contributed by atoms with Gasteiger partial charge in [0.25, 0.3) is 0 Å². The fraction of sp³-hybridized carbons (Fsp3) is 0.308.